The summed E-state index contributed by atoms with van der Waals surface area (Å²) in [6, 6.07) is 20.0. The lowest BCUT2D eigenvalue weighted by atomic mass is 9.96. The zero-order chi connectivity index (χ0) is 16.5. The minimum Gasteiger partial charge on any atom is -0.308 e. The van der Waals surface area contributed by atoms with Crippen molar-refractivity contribution >= 4 is 44.0 Å². The Bertz CT molecular complexity index is 1360. The second-order valence-corrected chi connectivity index (χ2v) is 7.13. The molecule has 1 heteroatoms. The lowest BCUT2D eigenvalue weighted by molar-refractivity contribution is 1.14. The first-order valence-electron chi connectivity index (χ1n) is 8.85. The van der Waals surface area contributed by atoms with Crippen LogP contribution in [0.5, 0.6) is 0 Å². The molecular weight excluding hydrogens is 302 g/mol. The van der Waals surface area contributed by atoms with Crippen molar-refractivity contribution in [3.8, 4) is 0 Å². The van der Waals surface area contributed by atoms with E-state index in [9.17, 15) is 0 Å². The molecular formula is C24H17N. The molecule has 0 saturated carbocycles. The van der Waals surface area contributed by atoms with Gasteiger partial charge in [0.2, 0.25) is 0 Å². The number of hydrogen-bond donors (Lipinski definition) is 0. The van der Waals surface area contributed by atoms with Crippen LogP contribution in [0.4, 0.5) is 0 Å². The fourth-order valence-corrected chi connectivity index (χ4v) is 4.61. The predicted molar refractivity (Wildman–Crippen MR) is 108 cm³/mol. The number of aromatic nitrogens is 1. The van der Waals surface area contributed by atoms with Gasteiger partial charge in [-0.3, -0.25) is 0 Å². The summed E-state index contributed by atoms with van der Waals surface area (Å²) < 4.78 is 2.48. The van der Waals surface area contributed by atoms with Gasteiger partial charge in [-0.2, -0.15) is 0 Å². The Morgan fingerprint density at radius 3 is 2.60 bits per heavy atom. The van der Waals surface area contributed by atoms with Gasteiger partial charge in [-0.05, 0) is 47.9 Å². The maximum atomic E-state index is 2.48. The van der Waals surface area contributed by atoms with Crippen LogP contribution < -0.4 is 0 Å². The fourth-order valence-electron chi connectivity index (χ4n) is 4.61. The molecule has 0 saturated heterocycles. The Morgan fingerprint density at radius 1 is 0.880 bits per heavy atom. The Labute approximate surface area is 145 Å². The number of nitrogens with zero attached hydrogens (tertiary/aromatic N) is 1. The fraction of sp³-hybridized carbons (Fsp3) is 0.0833. The van der Waals surface area contributed by atoms with E-state index >= 15 is 0 Å². The average molecular weight is 319 g/mol. The SMILES string of the molecule is CC1=CC=Cc2c(c3c4ccccc4cc4c5ccccc5n2c43)C1. The van der Waals surface area contributed by atoms with Crippen molar-refractivity contribution in [1.29, 1.82) is 0 Å². The third-order valence-electron chi connectivity index (χ3n) is 5.62. The van der Waals surface area contributed by atoms with Gasteiger partial charge in [-0.15, -0.1) is 0 Å². The molecule has 0 aliphatic heterocycles. The van der Waals surface area contributed by atoms with Crippen molar-refractivity contribution in [1.82, 2.24) is 4.40 Å². The Kier molecular flexibility index (Phi) is 2.39. The number of rotatable bonds is 0. The van der Waals surface area contributed by atoms with Crippen molar-refractivity contribution in [2.75, 3.05) is 0 Å². The second-order valence-electron chi connectivity index (χ2n) is 7.13. The molecule has 3 aromatic carbocycles. The smallest absolute Gasteiger partial charge is 0.0623 e. The Morgan fingerprint density at radius 2 is 1.68 bits per heavy atom. The standard InChI is InChI=1S/C24H17N/c1-15-7-6-12-22-20(13-15)23-17-9-3-2-8-16(17)14-19-18-10-4-5-11-21(18)25(22)24(19)23/h2-12,14H,13H2,1H3. The summed E-state index contributed by atoms with van der Waals surface area (Å²) in [6.45, 7) is 2.23. The molecule has 6 rings (SSSR count). The quantitative estimate of drug-likeness (QED) is 0.313. The molecule has 0 amide bonds. The molecule has 2 heterocycles. The van der Waals surface area contributed by atoms with E-state index in [0.29, 0.717) is 0 Å². The largest absolute Gasteiger partial charge is 0.308 e. The maximum absolute atomic E-state index is 2.48. The number of benzene rings is 3. The number of hydrogen-bond acceptors (Lipinski definition) is 0. The van der Waals surface area contributed by atoms with Crippen LogP contribution in [0.1, 0.15) is 18.2 Å². The van der Waals surface area contributed by atoms with E-state index in [-0.39, 0.29) is 0 Å². The van der Waals surface area contributed by atoms with E-state index in [1.54, 1.807) is 0 Å². The first-order valence-corrected chi connectivity index (χ1v) is 8.85. The van der Waals surface area contributed by atoms with E-state index in [2.05, 4.69) is 84.1 Å². The minimum atomic E-state index is 1.02. The minimum absolute atomic E-state index is 1.02. The van der Waals surface area contributed by atoms with E-state index in [1.807, 2.05) is 0 Å². The van der Waals surface area contributed by atoms with E-state index in [1.165, 1.54) is 54.8 Å². The molecule has 0 radical (unpaired) electrons. The highest BCUT2D eigenvalue weighted by atomic mass is 14.9. The number of fused-ring (bicyclic) bond motifs is 8. The zero-order valence-electron chi connectivity index (χ0n) is 14.1. The Hall–Kier alpha value is -3.06. The molecule has 0 unspecified atom stereocenters. The zero-order valence-corrected chi connectivity index (χ0v) is 14.1. The highest BCUT2D eigenvalue weighted by Gasteiger charge is 2.22. The summed E-state index contributed by atoms with van der Waals surface area (Å²) >= 11 is 0. The van der Waals surface area contributed by atoms with E-state index < -0.39 is 0 Å². The predicted octanol–water partition coefficient (Wildman–Crippen LogP) is 6.35. The molecule has 0 spiro atoms. The van der Waals surface area contributed by atoms with Crippen LogP contribution in [0.15, 0.2) is 72.3 Å². The molecule has 0 fully saturated rings. The third kappa shape index (κ3) is 1.58. The van der Waals surface area contributed by atoms with Gasteiger partial charge < -0.3 is 4.40 Å². The van der Waals surface area contributed by atoms with Gasteiger partial charge in [0.25, 0.3) is 0 Å². The van der Waals surface area contributed by atoms with Gasteiger partial charge in [-0.1, -0.05) is 60.2 Å². The first kappa shape index (κ1) is 13.3. The molecule has 0 bridgehead atoms. The topological polar surface area (TPSA) is 4.41 Å². The molecule has 0 N–H and O–H groups in total. The van der Waals surface area contributed by atoms with Crippen LogP contribution in [0.3, 0.4) is 0 Å². The van der Waals surface area contributed by atoms with Crippen molar-refractivity contribution < 1.29 is 0 Å². The van der Waals surface area contributed by atoms with Crippen molar-refractivity contribution in [2.24, 2.45) is 0 Å². The Balaban J connectivity index is 2.00. The summed E-state index contributed by atoms with van der Waals surface area (Å²) in [6.07, 6.45) is 7.74. The average Bonchev–Trinajstić information content (AvgIpc) is 3.05. The van der Waals surface area contributed by atoms with Gasteiger partial charge in [0, 0.05) is 16.2 Å². The normalized spacial score (nSPS) is 14.5. The van der Waals surface area contributed by atoms with Crippen LogP contribution in [0.2, 0.25) is 0 Å². The third-order valence-corrected chi connectivity index (χ3v) is 5.62. The van der Waals surface area contributed by atoms with Crippen molar-refractivity contribution in [3.05, 3.63) is 83.6 Å². The summed E-state index contributed by atoms with van der Waals surface area (Å²) in [5.74, 6) is 0. The monoisotopic (exact) mass is 319 g/mol. The first-order chi connectivity index (χ1) is 12.3. The summed E-state index contributed by atoms with van der Waals surface area (Å²) in [4.78, 5) is 0. The van der Waals surface area contributed by atoms with Crippen LogP contribution in [0, 0.1) is 0 Å². The summed E-state index contributed by atoms with van der Waals surface area (Å²) in [7, 11) is 0. The van der Waals surface area contributed by atoms with E-state index in [0.717, 1.165) is 6.42 Å². The molecule has 25 heavy (non-hydrogen) atoms. The van der Waals surface area contributed by atoms with Gasteiger partial charge in [0.1, 0.15) is 0 Å². The molecule has 2 aromatic heterocycles. The van der Waals surface area contributed by atoms with Crippen molar-refractivity contribution in [2.45, 2.75) is 13.3 Å². The van der Waals surface area contributed by atoms with E-state index in [4.69, 9.17) is 0 Å². The maximum Gasteiger partial charge on any atom is 0.0623 e. The lowest BCUT2D eigenvalue weighted by Crippen LogP contribution is -1.90. The summed E-state index contributed by atoms with van der Waals surface area (Å²) in [5.41, 5.74) is 6.90. The second kappa shape index (κ2) is 4.52. The van der Waals surface area contributed by atoms with Crippen molar-refractivity contribution in [3.63, 3.8) is 0 Å². The lowest BCUT2D eigenvalue weighted by Gasteiger charge is -2.06. The molecule has 1 nitrogen and oxygen atoms in total. The number of allylic oxidation sites excluding steroid dienone is 3. The highest BCUT2D eigenvalue weighted by molar-refractivity contribution is 6.24. The van der Waals surface area contributed by atoms with Gasteiger partial charge in [0.05, 0.1) is 16.7 Å². The molecule has 5 aromatic rings. The summed E-state index contributed by atoms with van der Waals surface area (Å²) in [5, 5.41) is 6.84. The molecule has 1 aliphatic rings. The highest BCUT2D eigenvalue weighted by Crippen LogP contribution is 2.43. The van der Waals surface area contributed by atoms with Gasteiger partial charge in [-0.25, -0.2) is 0 Å². The van der Waals surface area contributed by atoms with Crippen LogP contribution in [-0.4, -0.2) is 4.40 Å². The van der Waals surface area contributed by atoms with Crippen LogP contribution in [-0.2, 0) is 6.42 Å². The molecule has 1 aliphatic carbocycles. The molecule has 0 atom stereocenters. The van der Waals surface area contributed by atoms with Gasteiger partial charge >= 0.3 is 0 Å². The molecule has 118 valence electrons. The van der Waals surface area contributed by atoms with Crippen LogP contribution >= 0.6 is 0 Å². The number of para-hydroxylation sites is 1. The van der Waals surface area contributed by atoms with Gasteiger partial charge in [0.15, 0.2) is 0 Å². The van der Waals surface area contributed by atoms with Crippen LogP contribution in [0.25, 0.3) is 44.0 Å².